The first-order valence-electron chi connectivity index (χ1n) is 7.08. The fraction of sp³-hybridized carbons (Fsp3) is 0.600. The Bertz CT molecular complexity index is 430. The molecule has 18 heavy (non-hydrogen) atoms. The maximum absolute atomic E-state index is 5.89. The minimum absolute atomic E-state index is 0.881. The predicted molar refractivity (Wildman–Crippen MR) is 77.0 cm³/mol. The normalized spacial score (nSPS) is 23.6. The summed E-state index contributed by atoms with van der Waals surface area (Å²) in [4.78, 5) is 5.09. The maximum atomic E-state index is 5.89. The molecule has 3 nitrogen and oxygen atoms in total. The third kappa shape index (κ3) is 2.32. The second-order valence-electron chi connectivity index (χ2n) is 5.82. The zero-order chi connectivity index (χ0) is 12.5. The number of nitrogens with zero attached hydrogens (tertiary/aromatic N) is 2. The lowest BCUT2D eigenvalue weighted by Gasteiger charge is -2.23. The highest BCUT2D eigenvalue weighted by molar-refractivity contribution is 5.64. The molecule has 0 aromatic heterocycles. The van der Waals surface area contributed by atoms with Crippen LogP contribution in [0, 0.1) is 5.92 Å². The van der Waals surface area contributed by atoms with Gasteiger partial charge in [0.2, 0.25) is 0 Å². The Kier molecular flexibility index (Phi) is 3.16. The van der Waals surface area contributed by atoms with Crippen LogP contribution in [0.5, 0.6) is 0 Å². The highest BCUT2D eigenvalue weighted by Gasteiger charge is 2.22. The van der Waals surface area contributed by atoms with Gasteiger partial charge in [0.1, 0.15) is 0 Å². The number of likely N-dealkylation sites (tertiary alicyclic amines) is 1. The van der Waals surface area contributed by atoms with Crippen molar-refractivity contribution in [3.8, 4) is 0 Å². The molecule has 1 aromatic rings. The lowest BCUT2D eigenvalue weighted by atomic mass is 10.1. The largest absolute Gasteiger partial charge is 0.399 e. The molecule has 0 amide bonds. The Morgan fingerprint density at radius 1 is 1.28 bits per heavy atom. The molecule has 2 N–H and O–H groups in total. The average molecular weight is 245 g/mol. The van der Waals surface area contributed by atoms with Crippen LogP contribution < -0.4 is 10.6 Å². The first-order valence-corrected chi connectivity index (χ1v) is 7.08. The van der Waals surface area contributed by atoms with Gasteiger partial charge >= 0.3 is 0 Å². The second-order valence-corrected chi connectivity index (χ2v) is 5.82. The standard InChI is InChI=1S/C15H23N3/c1-12-4-6-17(11-12)8-9-18-7-5-13-2-3-14(16)10-15(13)18/h2-3,10,12H,4-9,11,16H2,1H3. The lowest BCUT2D eigenvalue weighted by molar-refractivity contribution is 0.334. The smallest absolute Gasteiger partial charge is 0.0420 e. The summed E-state index contributed by atoms with van der Waals surface area (Å²) in [6, 6.07) is 6.34. The number of hydrogen-bond acceptors (Lipinski definition) is 3. The zero-order valence-electron chi connectivity index (χ0n) is 11.2. The highest BCUT2D eigenvalue weighted by Crippen LogP contribution is 2.29. The highest BCUT2D eigenvalue weighted by atomic mass is 15.2. The van der Waals surface area contributed by atoms with Crippen molar-refractivity contribution in [1.29, 1.82) is 0 Å². The average Bonchev–Trinajstić information content (AvgIpc) is 2.93. The van der Waals surface area contributed by atoms with E-state index in [-0.39, 0.29) is 0 Å². The maximum Gasteiger partial charge on any atom is 0.0420 e. The fourth-order valence-corrected chi connectivity index (χ4v) is 3.19. The van der Waals surface area contributed by atoms with E-state index in [9.17, 15) is 0 Å². The van der Waals surface area contributed by atoms with Gasteiger partial charge in [0, 0.05) is 37.6 Å². The zero-order valence-corrected chi connectivity index (χ0v) is 11.2. The molecule has 1 saturated heterocycles. The Morgan fingerprint density at radius 3 is 2.94 bits per heavy atom. The van der Waals surface area contributed by atoms with Gasteiger partial charge in [-0.3, -0.25) is 0 Å². The molecular weight excluding hydrogens is 222 g/mol. The van der Waals surface area contributed by atoms with Crippen LogP contribution in [0.25, 0.3) is 0 Å². The van der Waals surface area contributed by atoms with Gasteiger partial charge in [-0.25, -0.2) is 0 Å². The Morgan fingerprint density at radius 2 is 2.17 bits per heavy atom. The molecule has 1 fully saturated rings. The molecule has 2 aliphatic rings. The molecule has 2 aliphatic heterocycles. The van der Waals surface area contributed by atoms with Crippen LogP contribution in [-0.2, 0) is 6.42 Å². The molecular formula is C15H23N3. The van der Waals surface area contributed by atoms with Crippen LogP contribution in [-0.4, -0.2) is 37.6 Å². The third-order valence-corrected chi connectivity index (χ3v) is 4.30. The summed E-state index contributed by atoms with van der Waals surface area (Å²) >= 11 is 0. The number of rotatable bonds is 3. The van der Waals surface area contributed by atoms with Gasteiger partial charge in [-0.1, -0.05) is 13.0 Å². The van der Waals surface area contributed by atoms with Gasteiger partial charge < -0.3 is 15.5 Å². The molecule has 1 atom stereocenters. The van der Waals surface area contributed by atoms with Crippen molar-refractivity contribution in [2.45, 2.75) is 19.8 Å². The van der Waals surface area contributed by atoms with Crippen LogP contribution in [0.2, 0.25) is 0 Å². The van der Waals surface area contributed by atoms with Crippen molar-refractivity contribution >= 4 is 11.4 Å². The SMILES string of the molecule is CC1CCN(CCN2CCc3ccc(N)cc32)C1. The summed E-state index contributed by atoms with van der Waals surface area (Å²) in [5.41, 5.74) is 9.60. The van der Waals surface area contributed by atoms with E-state index >= 15 is 0 Å². The predicted octanol–water partition coefficient (Wildman–Crippen LogP) is 1.97. The van der Waals surface area contributed by atoms with Crippen LogP contribution in [0.15, 0.2) is 18.2 Å². The summed E-state index contributed by atoms with van der Waals surface area (Å²) in [5, 5.41) is 0. The van der Waals surface area contributed by atoms with E-state index in [2.05, 4.69) is 28.9 Å². The van der Waals surface area contributed by atoms with Gasteiger partial charge in [-0.05, 0) is 43.0 Å². The minimum atomic E-state index is 0.881. The molecule has 0 radical (unpaired) electrons. The molecule has 1 unspecified atom stereocenters. The molecule has 0 aliphatic carbocycles. The van der Waals surface area contributed by atoms with E-state index in [0.717, 1.165) is 24.7 Å². The van der Waals surface area contributed by atoms with E-state index in [4.69, 9.17) is 5.73 Å². The van der Waals surface area contributed by atoms with Crippen molar-refractivity contribution in [2.75, 3.05) is 43.4 Å². The summed E-state index contributed by atoms with van der Waals surface area (Å²) in [6.45, 7) is 8.40. The van der Waals surface area contributed by atoms with Gasteiger partial charge in [0.25, 0.3) is 0 Å². The van der Waals surface area contributed by atoms with Crippen molar-refractivity contribution in [2.24, 2.45) is 5.92 Å². The number of hydrogen-bond donors (Lipinski definition) is 1. The fourth-order valence-electron chi connectivity index (χ4n) is 3.19. The summed E-state index contributed by atoms with van der Waals surface area (Å²) < 4.78 is 0. The van der Waals surface area contributed by atoms with Gasteiger partial charge in [0.05, 0.1) is 0 Å². The van der Waals surface area contributed by atoms with Crippen LogP contribution in [0.1, 0.15) is 18.9 Å². The molecule has 0 bridgehead atoms. The quantitative estimate of drug-likeness (QED) is 0.826. The summed E-state index contributed by atoms with van der Waals surface area (Å²) in [7, 11) is 0. The Balaban J connectivity index is 1.61. The number of nitrogen functional groups attached to an aromatic ring is 1. The third-order valence-electron chi connectivity index (χ3n) is 4.30. The van der Waals surface area contributed by atoms with E-state index in [1.807, 2.05) is 6.07 Å². The van der Waals surface area contributed by atoms with Crippen LogP contribution in [0.3, 0.4) is 0 Å². The lowest BCUT2D eigenvalue weighted by Crippen LogP contribution is -2.33. The minimum Gasteiger partial charge on any atom is -0.399 e. The molecule has 1 aromatic carbocycles. The number of fused-ring (bicyclic) bond motifs is 1. The van der Waals surface area contributed by atoms with E-state index in [1.54, 1.807) is 0 Å². The molecule has 0 saturated carbocycles. The van der Waals surface area contributed by atoms with Crippen LogP contribution >= 0.6 is 0 Å². The molecule has 98 valence electrons. The number of benzene rings is 1. The van der Waals surface area contributed by atoms with Gasteiger partial charge in [-0.2, -0.15) is 0 Å². The molecule has 3 rings (SSSR count). The van der Waals surface area contributed by atoms with E-state index in [1.165, 1.54) is 43.7 Å². The van der Waals surface area contributed by atoms with Crippen molar-refractivity contribution in [1.82, 2.24) is 4.90 Å². The summed E-state index contributed by atoms with van der Waals surface area (Å²) in [5.74, 6) is 0.881. The first kappa shape index (κ1) is 11.8. The monoisotopic (exact) mass is 245 g/mol. The van der Waals surface area contributed by atoms with Gasteiger partial charge in [0.15, 0.2) is 0 Å². The molecule has 2 heterocycles. The van der Waals surface area contributed by atoms with E-state index in [0.29, 0.717) is 0 Å². The Hall–Kier alpha value is -1.22. The van der Waals surface area contributed by atoms with E-state index < -0.39 is 0 Å². The number of anilines is 2. The molecule has 0 spiro atoms. The topological polar surface area (TPSA) is 32.5 Å². The second kappa shape index (κ2) is 4.81. The first-order chi connectivity index (χ1) is 8.72. The Labute approximate surface area is 110 Å². The van der Waals surface area contributed by atoms with Crippen LogP contribution in [0.4, 0.5) is 11.4 Å². The van der Waals surface area contributed by atoms with Gasteiger partial charge in [-0.15, -0.1) is 0 Å². The van der Waals surface area contributed by atoms with Crippen molar-refractivity contribution in [3.63, 3.8) is 0 Å². The molecule has 3 heteroatoms. The van der Waals surface area contributed by atoms with Crippen molar-refractivity contribution < 1.29 is 0 Å². The van der Waals surface area contributed by atoms with Crippen molar-refractivity contribution in [3.05, 3.63) is 23.8 Å². The number of nitrogens with two attached hydrogens (primary N) is 1. The summed E-state index contributed by atoms with van der Waals surface area (Å²) in [6.07, 6.45) is 2.54.